The molecule has 0 bridgehead atoms. The minimum absolute atomic E-state index is 0.674. The Balaban J connectivity index is 1.92. The number of rotatable bonds is 5. The summed E-state index contributed by atoms with van der Waals surface area (Å²) >= 11 is 2.00. The van der Waals surface area contributed by atoms with Crippen molar-refractivity contribution in [3.63, 3.8) is 0 Å². The summed E-state index contributed by atoms with van der Waals surface area (Å²) < 4.78 is 5.41. The number of thioether (sulfide) groups is 1. The number of benzene rings is 1. The molecule has 3 heteroatoms. The maximum Gasteiger partial charge on any atom is 0.123 e. The summed E-state index contributed by atoms with van der Waals surface area (Å²) in [6.07, 6.45) is 6.18. The van der Waals surface area contributed by atoms with Crippen LogP contribution in [0.3, 0.4) is 0 Å². The van der Waals surface area contributed by atoms with E-state index in [2.05, 4.69) is 36.7 Å². The van der Waals surface area contributed by atoms with E-state index < -0.39 is 0 Å². The fourth-order valence-corrected chi connectivity index (χ4v) is 3.44. The lowest BCUT2D eigenvalue weighted by molar-refractivity contribution is 0.405. The quantitative estimate of drug-likeness (QED) is 0.882. The molecule has 1 N–H and O–H groups in total. The number of hydrogen-bond donors (Lipinski definition) is 1. The fraction of sp³-hybridized carbons (Fsp3) is 0.600. The second-order valence-electron chi connectivity index (χ2n) is 5.06. The molecule has 1 aliphatic carbocycles. The van der Waals surface area contributed by atoms with Crippen molar-refractivity contribution >= 4 is 11.8 Å². The van der Waals surface area contributed by atoms with Gasteiger partial charge in [0.15, 0.2) is 0 Å². The Hall–Kier alpha value is -0.670. The van der Waals surface area contributed by atoms with Crippen LogP contribution in [0.2, 0.25) is 0 Å². The highest BCUT2D eigenvalue weighted by Gasteiger charge is 2.23. The van der Waals surface area contributed by atoms with Crippen molar-refractivity contribution in [2.24, 2.45) is 0 Å². The van der Waals surface area contributed by atoms with Gasteiger partial charge in [0, 0.05) is 23.4 Å². The summed E-state index contributed by atoms with van der Waals surface area (Å²) in [5.41, 5.74) is 2.56. The van der Waals surface area contributed by atoms with Crippen LogP contribution in [0.25, 0.3) is 0 Å². The molecular formula is C15H23NOS. The van der Waals surface area contributed by atoms with Gasteiger partial charge in [-0.15, -0.1) is 0 Å². The van der Waals surface area contributed by atoms with Crippen molar-refractivity contribution in [2.45, 2.75) is 44.0 Å². The van der Waals surface area contributed by atoms with Gasteiger partial charge in [-0.1, -0.05) is 17.7 Å². The first kappa shape index (κ1) is 13.8. The van der Waals surface area contributed by atoms with E-state index in [-0.39, 0.29) is 0 Å². The van der Waals surface area contributed by atoms with Crippen LogP contribution in [-0.2, 0) is 6.54 Å². The van der Waals surface area contributed by atoms with Gasteiger partial charge < -0.3 is 10.1 Å². The molecule has 1 fully saturated rings. The van der Waals surface area contributed by atoms with Crippen molar-refractivity contribution in [2.75, 3.05) is 13.4 Å². The van der Waals surface area contributed by atoms with Crippen LogP contribution in [0.5, 0.6) is 5.75 Å². The molecule has 0 spiro atoms. The third kappa shape index (κ3) is 3.42. The van der Waals surface area contributed by atoms with Gasteiger partial charge >= 0.3 is 0 Å². The zero-order valence-corrected chi connectivity index (χ0v) is 12.3. The summed E-state index contributed by atoms with van der Waals surface area (Å²) in [6, 6.07) is 7.05. The molecule has 0 amide bonds. The molecule has 2 unspecified atom stereocenters. The van der Waals surface area contributed by atoms with Crippen LogP contribution in [0.4, 0.5) is 0 Å². The summed E-state index contributed by atoms with van der Waals surface area (Å²) in [4.78, 5) is 0. The van der Waals surface area contributed by atoms with Gasteiger partial charge in [-0.3, -0.25) is 0 Å². The van der Waals surface area contributed by atoms with Gasteiger partial charge in [-0.25, -0.2) is 0 Å². The van der Waals surface area contributed by atoms with E-state index >= 15 is 0 Å². The minimum atomic E-state index is 0.674. The van der Waals surface area contributed by atoms with Crippen molar-refractivity contribution < 1.29 is 4.74 Å². The first-order valence-electron chi connectivity index (χ1n) is 6.62. The number of ether oxygens (including phenoxy) is 1. The summed E-state index contributed by atoms with van der Waals surface area (Å²) in [6.45, 7) is 3.04. The molecule has 18 heavy (non-hydrogen) atoms. The Labute approximate surface area is 114 Å². The van der Waals surface area contributed by atoms with Crippen LogP contribution < -0.4 is 10.1 Å². The zero-order valence-electron chi connectivity index (χ0n) is 11.5. The number of hydrogen-bond acceptors (Lipinski definition) is 3. The third-order valence-corrected chi connectivity index (χ3v) is 4.83. The van der Waals surface area contributed by atoms with Gasteiger partial charge in [0.2, 0.25) is 0 Å². The molecule has 1 aromatic rings. The third-order valence-electron chi connectivity index (χ3n) is 3.73. The average molecular weight is 265 g/mol. The van der Waals surface area contributed by atoms with Crippen molar-refractivity contribution in [3.8, 4) is 5.75 Å². The van der Waals surface area contributed by atoms with Gasteiger partial charge in [-0.05, 0) is 38.5 Å². The topological polar surface area (TPSA) is 21.3 Å². The number of aryl methyl sites for hydroxylation is 1. The Morgan fingerprint density at radius 3 is 2.89 bits per heavy atom. The summed E-state index contributed by atoms with van der Waals surface area (Å²) in [7, 11) is 1.74. The first-order chi connectivity index (χ1) is 8.72. The lowest BCUT2D eigenvalue weighted by atomic mass is 10.1. The van der Waals surface area contributed by atoms with Crippen LogP contribution in [-0.4, -0.2) is 24.7 Å². The largest absolute Gasteiger partial charge is 0.496 e. The molecule has 100 valence electrons. The maximum absolute atomic E-state index is 5.41. The summed E-state index contributed by atoms with van der Waals surface area (Å²) in [5.74, 6) is 0.993. The van der Waals surface area contributed by atoms with Gasteiger partial charge in [0.25, 0.3) is 0 Å². The van der Waals surface area contributed by atoms with Gasteiger partial charge in [0.1, 0.15) is 5.75 Å². The molecule has 0 heterocycles. The molecule has 2 rings (SSSR count). The molecule has 1 aromatic carbocycles. The smallest absolute Gasteiger partial charge is 0.123 e. The normalized spacial score (nSPS) is 23.3. The zero-order chi connectivity index (χ0) is 13.0. The number of methoxy groups -OCH3 is 1. The van der Waals surface area contributed by atoms with E-state index in [1.54, 1.807) is 7.11 Å². The minimum Gasteiger partial charge on any atom is -0.496 e. The van der Waals surface area contributed by atoms with Crippen LogP contribution in [0.15, 0.2) is 18.2 Å². The Bertz CT molecular complexity index is 394. The van der Waals surface area contributed by atoms with E-state index in [1.165, 1.54) is 30.4 Å². The maximum atomic E-state index is 5.41. The number of nitrogens with one attached hydrogen (secondary N) is 1. The second-order valence-corrected chi connectivity index (χ2v) is 6.20. The Morgan fingerprint density at radius 1 is 1.39 bits per heavy atom. The van der Waals surface area contributed by atoms with Crippen LogP contribution in [0, 0.1) is 6.92 Å². The molecular weight excluding hydrogens is 242 g/mol. The molecule has 0 aliphatic heterocycles. The van der Waals surface area contributed by atoms with E-state index in [0.29, 0.717) is 6.04 Å². The lowest BCUT2D eigenvalue weighted by Crippen LogP contribution is -2.26. The predicted octanol–water partition coefficient (Wildman–Crippen LogP) is 3.38. The van der Waals surface area contributed by atoms with Gasteiger partial charge in [0.05, 0.1) is 7.11 Å². The Morgan fingerprint density at radius 2 is 2.22 bits per heavy atom. The summed E-state index contributed by atoms with van der Waals surface area (Å²) in [5, 5.41) is 4.52. The predicted molar refractivity (Wildman–Crippen MR) is 79.5 cm³/mol. The average Bonchev–Trinajstić information content (AvgIpc) is 2.84. The first-order valence-corrected chi connectivity index (χ1v) is 7.91. The molecule has 1 aliphatic rings. The molecule has 0 aromatic heterocycles. The molecule has 0 radical (unpaired) electrons. The van der Waals surface area contributed by atoms with E-state index in [4.69, 9.17) is 4.74 Å². The molecule has 2 atom stereocenters. The van der Waals surface area contributed by atoms with Crippen molar-refractivity contribution in [3.05, 3.63) is 29.3 Å². The highest BCUT2D eigenvalue weighted by atomic mass is 32.2. The monoisotopic (exact) mass is 265 g/mol. The van der Waals surface area contributed by atoms with Crippen LogP contribution in [0.1, 0.15) is 30.4 Å². The van der Waals surface area contributed by atoms with Crippen molar-refractivity contribution in [1.29, 1.82) is 0 Å². The van der Waals surface area contributed by atoms with Crippen molar-refractivity contribution in [1.82, 2.24) is 5.32 Å². The highest BCUT2D eigenvalue weighted by Crippen LogP contribution is 2.28. The van der Waals surface area contributed by atoms with Gasteiger partial charge in [-0.2, -0.15) is 11.8 Å². The molecule has 2 nitrogen and oxygen atoms in total. The standard InChI is InChI=1S/C15H23NOS/c1-11-4-7-15(17-2)12(8-11)10-16-13-5-6-14(9-13)18-3/h4,7-8,13-14,16H,5-6,9-10H2,1-3H3. The van der Waals surface area contributed by atoms with E-state index in [1.807, 2.05) is 11.8 Å². The van der Waals surface area contributed by atoms with Crippen LogP contribution >= 0.6 is 11.8 Å². The SMILES string of the molecule is COc1ccc(C)cc1CNC1CCC(SC)C1. The fourth-order valence-electron chi connectivity index (χ4n) is 2.64. The van der Waals surface area contributed by atoms with E-state index in [9.17, 15) is 0 Å². The van der Waals surface area contributed by atoms with E-state index in [0.717, 1.165) is 17.5 Å². The second kappa shape index (κ2) is 6.48. The molecule has 0 saturated heterocycles. The molecule has 1 saturated carbocycles. The highest BCUT2D eigenvalue weighted by molar-refractivity contribution is 7.99. The Kier molecular flexibility index (Phi) is 4.95. The lowest BCUT2D eigenvalue weighted by Gasteiger charge is -2.15.